The van der Waals surface area contributed by atoms with Crippen molar-refractivity contribution < 1.29 is 0 Å². The van der Waals surface area contributed by atoms with Crippen molar-refractivity contribution in [3.63, 3.8) is 0 Å². The normalized spacial score (nSPS) is 10.3. The Balaban J connectivity index is 2.47. The van der Waals surface area contributed by atoms with E-state index in [0.29, 0.717) is 0 Å². The molecule has 3 heteroatoms. The third-order valence-corrected chi connectivity index (χ3v) is 2.03. The summed E-state index contributed by atoms with van der Waals surface area (Å²) in [5.41, 5.74) is 2.36. The van der Waals surface area contributed by atoms with Gasteiger partial charge in [0.25, 0.3) is 0 Å². The van der Waals surface area contributed by atoms with Crippen molar-refractivity contribution >= 4 is 0 Å². The van der Waals surface area contributed by atoms with Gasteiger partial charge < -0.3 is 0 Å². The maximum Gasteiger partial charge on any atom is 0.134 e. The highest BCUT2D eigenvalue weighted by atomic mass is 15.3. The summed E-state index contributed by atoms with van der Waals surface area (Å²) in [6.07, 6.45) is 1.72. The number of rotatable bonds is 1. The first-order valence-electron chi connectivity index (χ1n) is 4.21. The van der Waals surface area contributed by atoms with E-state index in [1.165, 1.54) is 5.56 Å². The summed E-state index contributed by atoms with van der Waals surface area (Å²) in [7, 11) is 0. The van der Waals surface area contributed by atoms with E-state index in [2.05, 4.69) is 41.4 Å². The van der Waals surface area contributed by atoms with Gasteiger partial charge in [-0.25, -0.2) is 0 Å². The number of hydrogen-bond acceptors (Lipinski definition) is 2. The van der Waals surface area contributed by atoms with Crippen LogP contribution in [0.4, 0.5) is 0 Å². The smallest absolute Gasteiger partial charge is 0.134 e. The van der Waals surface area contributed by atoms with Crippen LogP contribution < -0.4 is 0 Å². The highest BCUT2D eigenvalue weighted by molar-refractivity contribution is 5.34. The zero-order valence-corrected chi connectivity index (χ0v) is 7.73. The first-order chi connectivity index (χ1) is 6.27. The lowest BCUT2D eigenvalue weighted by Gasteiger charge is -2.02. The van der Waals surface area contributed by atoms with Crippen molar-refractivity contribution in [1.82, 2.24) is 14.8 Å². The molecule has 2 aromatic rings. The molecule has 0 spiro atoms. The van der Waals surface area contributed by atoms with Crippen molar-refractivity contribution in [3.05, 3.63) is 42.0 Å². The maximum atomic E-state index is 3.93. The molecule has 0 atom stereocenters. The van der Waals surface area contributed by atoms with Crippen LogP contribution >= 0.6 is 0 Å². The van der Waals surface area contributed by atoms with Crippen molar-refractivity contribution in [2.45, 2.75) is 13.8 Å². The molecule has 66 valence electrons. The van der Waals surface area contributed by atoms with E-state index in [9.17, 15) is 0 Å². The molecule has 0 amide bonds. The van der Waals surface area contributed by atoms with E-state index in [-0.39, 0.29) is 0 Å². The molecule has 0 saturated carbocycles. The predicted molar refractivity (Wildman–Crippen MR) is 50.8 cm³/mol. The Morgan fingerprint density at radius 3 is 2.31 bits per heavy atom. The topological polar surface area (TPSA) is 30.7 Å². The van der Waals surface area contributed by atoms with E-state index >= 15 is 0 Å². The van der Waals surface area contributed by atoms with Crippen molar-refractivity contribution in [3.8, 4) is 5.69 Å². The minimum absolute atomic E-state index is 0.906. The molecule has 0 bridgehead atoms. The number of aryl methyl sites for hydroxylation is 2. The van der Waals surface area contributed by atoms with Crippen LogP contribution in [0.5, 0.6) is 0 Å². The van der Waals surface area contributed by atoms with Gasteiger partial charge in [0.2, 0.25) is 0 Å². The summed E-state index contributed by atoms with van der Waals surface area (Å²) in [6, 6.07) is 8.28. The molecule has 1 aromatic carbocycles. The molecule has 0 N–H and O–H groups in total. The van der Waals surface area contributed by atoms with E-state index in [4.69, 9.17) is 0 Å². The van der Waals surface area contributed by atoms with Gasteiger partial charge in [0.05, 0.1) is 0 Å². The second-order valence-electron chi connectivity index (χ2n) is 3.08. The monoisotopic (exact) mass is 173 g/mol. The van der Waals surface area contributed by atoms with E-state index in [1.54, 1.807) is 6.33 Å². The fraction of sp³-hybridized carbons (Fsp3) is 0.200. The molecular weight excluding hydrogens is 162 g/mol. The number of nitrogens with zero attached hydrogens (tertiary/aromatic N) is 3. The van der Waals surface area contributed by atoms with Gasteiger partial charge in [-0.15, -0.1) is 10.2 Å². The highest BCUT2D eigenvalue weighted by Crippen LogP contribution is 2.09. The lowest BCUT2D eigenvalue weighted by atomic mass is 10.2. The summed E-state index contributed by atoms with van der Waals surface area (Å²) in [5, 5.41) is 7.76. The Bertz CT molecular complexity index is 400. The fourth-order valence-corrected chi connectivity index (χ4v) is 1.25. The van der Waals surface area contributed by atoms with Gasteiger partial charge >= 0.3 is 0 Å². The first kappa shape index (κ1) is 7.98. The van der Waals surface area contributed by atoms with Crippen LogP contribution in [0.25, 0.3) is 5.69 Å². The zero-order chi connectivity index (χ0) is 9.26. The largest absolute Gasteiger partial charge is 0.286 e. The maximum absolute atomic E-state index is 3.93. The average molecular weight is 173 g/mol. The zero-order valence-electron chi connectivity index (χ0n) is 7.73. The lowest BCUT2D eigenvalue weighted by Crippen LogP contribution is -1.94. The summed E-state index contributed by atoms with van der Waals surface area (Å²) in [5.74, 6) is 0.906. The van der Waals surface area contributed by atoms with Crippen molar-refractivity contribution in [1.29, 1.82) is 0 Å². The van der Waals surface area contributed by atoms with Gasteiger partial charge in [-0.3, -0.25) is 4.57 Å². The molecule has 1 aromatic heterocycles. The van der Waals surface area contributed by atoms with Crippen LogP contribution in [-0.4, -0.2) is 14.8 Å². The summed E-state index contributed by atoms with van der Waals surface area (Å²) in [6.45, 7) is 4.01. The molecule has 3 nitrogen and oxygen atoms in total. The Hall–Kier alpha value is -1.64. The first-order valence-corrected chi connectivity index (χ1v) is 4.21. The van der Waals surface area contributed by atoms with E-state index in [0.717, 1.165) is 11.5 Å². The number of hydrogen-bond donors (Lipinski definition) is 0. The Morgan fingerprint density at radius 1 is 1.08 bits per heavy atom. The third-order valence-electron chi connectivity index (χ3n) is 2.03. The quantitative estimate of drug-likeness (QED) is 0.659. The van der Waals surface area contributed by atoms with Gasteiger partial charge in [-0.2, -0.15) is 0 Å². The standard InChI is InChI=1S/C10H11N3/c1-8-3-5-10(6-4-8)13-7-11-12-9(13)2/h3-7H,1-2H3. The minimum atomic E-state index is 0.906. The van der Waals surface area contributed by atoms with Crippen LogP contribution in [0.15, 0.2) is 30.6 Å². The molecule has 0 fully saturated rings. The molecule has 1 heterocycles. The Morgan fingerprint density at radius 2 is 1.77 bits per heavy atom. The molecule has 2 rings (SSSR count). The van der Waals surface area contributed by atoms with E-state index in [1.807, 2.05) is 11.5 Å². The van der Waals surface area contributed by atoms with Crippen LogP contribution in [0.3, 0.4) is 0 Å². The third kappa shape index (κ3) is 1.45. The van der Waals surface area contributed by atoms with Crippen molar-refractivity contribution in [2.24, 2.45) is 0 Å². The van der Waals surface area contributed by atoms with Crippen LogP contribution in [-0.2, 0) is 0 Å². The van der Waals surface area contributed by atoms with Crippen LogP contribution in [0, 0.1) is 13.8 Å². The Labute approximate surface area is 77.0 Å². The second-order valence-corrected chi connectivity index (χ2v) is 3.08. The highest BCUT2D eigenvalue weighted by Gasteiger charge is 1.99. The predicted octanol–water partition coefficient (Wildman–Crippen LogP) is 1.88. The van der Waals surface area contributed by atoms with Gasteiger partial charge in [0.1, 0.15) is 12.2 Å². The van der Waals surface area contributed by atoms with Gasteiger partial charge in [-0.1, -0.05) is 17.7 Å². The summed E-state index contributed by atoms with van der Waals surface area (Å²) >= 11 is 0. The minimum Gasteiger partial charge on any atom is -0.286 e. The lowest BCUT2D eigenvalue weighted by molar-refractivity contribution is 0.969. The molecule has 0 radical (unpaired) electrons. The summed E-state index contributed by atoms with van der Waals surface area (Å²) in [4.78, 5) is 0. The van der Waals surface area contributed by atoms with Crippen LogP contribution in [0.2, 0.25) is 0 Å². The van der Waals surface area contributed by atoms with Gasteiger partial charge in [0.15, 0.2) is 0 Å². The number of aromatic nitrogens is 3. The fourth-order valence-electron chi connectivity index (χ4n) is 1.25. The molecule has 0 saturated heterocycles. The molecule has 0 unspecified atom stereocenters. The van der Waals surface area contributed by atoms with Gasteiger partial charge in [-0.05, 0) is 26.0 Å². The van der Waals surface area contributed by atoms with Gasteiger partial charge in [0, 0.05) is 5.69 Å². The van der Waals surface area contributed by atoms with E-state index < -0.39 is 0 Å². The summed E-state index contributed by atoms with van der Waals surface area (Å²) < 4.78 is 1.96. The van der Waals surface area contributed by atoms with Crippen LogP contribution in [0.1, 0.15) is 11.4 Å². The Kier molecular flexibility index (Phi) is 1.85. The molecule has 13 heavy (non-hydrogen) atoms. The molecule has 0 aliphatic carbocycles. The van der Waals surface area contributed by atoms with Crippen molar-refractivity contribution in [2.75, 3.05) is 0 Å². The average Bonchev–Trinajstić information content (AvgIpc) is 2.53. The number of benzene rings is 1. The second kappa shape index (κ2) is 3.01. The molecule has 0 aliphatic rings. The SMILES string of the molecule is Cc1ccc(-n2cnnc2C)cc1. The molecular formula is C10H11N3. The molecule has 0 aliphatic heterocycles.